The molecule has 0 bridgehead atoms. The van der Waals surface area contributed by atoms with Crippen LogP contribution >= 0.6 is 0 Å². The molecule has 0 fully saturated rings. The van der Waals surface area contributed by atoms with Gasteiger partial charge in [-0.05, 0) is 80.5 Å². The molecule has 13 rings (SSSR count). The highest BCUT2D eigenvalue weighted by atomic mass is 16.3. The fourth-order valence-electron chi connectivity index (χ4n) is 9.38. The molecular weight excluding hydrogens is 757 g/mol. The van der Waals surface area contributed by atoms with E-state index in [0.29, 0.717) is 17.5 Å². The van der Waals surface area contributed by atoms with E-state index in [1.807, 2.05) is 36.4 Å². The largest absolute Gasteiger partial charge is 0.456 e. The number of rotatable bonds is 5. The van der Waals surface area contributed by atoms with Crippen LogP contribution in [0.4, 0.5) is 0 Å². The zero-order valence-electron chi connectivity index (χ0n) is 33.3. The highest BCUT2D eigenvalue weighted by molar-refractivity contribution is 6.22. The first-order valence-electron chi connectivity index (χ1n) is 20.9. The summed E-state index contributed by atoms with van der Waals surface area (Å²) in [6.45, 7) is 0. The first-order chi connectivity index (χ1) is 30.7. The number of fused-ring (bicyclic) bond motifs is 11. The zero-order chi connectivity index (χ0) is 40.7. The molecular formula is C57H34N4O. The molecule has 10 aromatic carbocycles. The lowest BCUT2D eigenvalue weighted by Gasteiger charge is -2.12. The van der Waals surface area contributed by atoms with Gasteiger partial charge in [0.05, 0.1) is 11.0 Å². The molecule has 5 heteroatoms. The molecule has 0 amide bonds. The molecule has 0 saturated carbocycles. The van der Waals surface area contributed by atoms with Crippen LogP contribution in [0.25, 0.3) is 127 Å². The quantitative estimate of drug-likeness (QED) is 0.174. The summed E-state index contributed by atoms with van der Waals surface area (Å²) in [5.41, 5.74) is 10.1. The fourth-order valence-corrected chi connectivity index (χ4v) is 9.38. The molecule has 62 heavy (non-hydrogen) atoms. The molecule has 0 aliphatic rings. The third kappa shape index (κ3) is 5.45. The molecule has 0 radical (unpaired) electrons. The molecule has 0 N–H and O–H groups in total. The standard InChI is InChI=1S/C57H34N4O/c1-3-11-35(12-4-1)36-19-21-40(22-20-36)56-58-55(39-14-5-2-6-15-39)59-57(60-56)43-25-29-47-52(33-43)62-51-30-26-38-23-27-44(34-48(38)53(47)51)61-50-32-42-17-8-7-16-41(42)31-49(50)46-28-24-37-13-9-10-18-45(37)54(46)61/h1-34H. The van der Waals surface area contributed by atoms with Crippen molar-refractivity contribution < 1.29 is 4.42 Å². The highest BCUT2D eigenvalue weighted by Gasteiger charge is 2.19. The van der Waals surface area contributed by atoms with Crippen molar-refractivity contribution in [3.63, 3.8) is 0 Å². The number of aromatic nitrogens is 4. The lowest BCUT2D eigenvalue weighted by Crippen LogP contribution is -2.00. The molecule has 0 aliphatic heterocycles. The molecule has 0 unspecified atom stereocenters. The topological polar surface area (TPSA) is 56.7 Å². The van der Waals surface area contributed by atoms with E-state index in [1.165, 1.54) is 43.4 Å². The van der Waals surface area contributed by atoms with Crippen LogP contribution in [0.5, 0.6) is 0 Å². The van der Waals surface area contributed by atoms with Crippen molar-refractivity contribution >= 4 is 76.1 Å². The van der Waals surface area contributed by atoms with Gasteiger partial charge in [0, 0.05) is 49.3 Å². The van der Waals surface area contributed by atoms with Crippen LogP contribution in [0, 0.1) is 0 Å². The molecule has 3 aromatic heterocycles. The van der Waals surface area contributed by atoms with Gasteiger partial charge in [-0.1, -0.05) is 164 Å². The monoisotopic (exact) mass is 790 g/mol. The van der Waals surface area contributed by atoms with Crippen LogP contribution in [0.3, 0.4) is 0 Å². The van der Waals surface area contributed by atoms with Crippen molar-refractivity contribution in [2.24, 2.45) is 0 Å². The summed E-state index contributed by atoms with van der Waals surface area (Å²) < 4.78 is 9.16. The van der Waals surface area contributed by atoms with Gasteiger partial charge < -0.3 is 8.98 Å². The van der Waals surface area contributed by atoms with Gasteiger partial charge in [0.15, 0.2) is 17.5 Å². The van der Waals surface area contributed by atoms with Crippen molar-refractivity contribution in [1.82, 2.24) is 19.5 Å². The van der Waals surface area contributed by atoms with Crippen LogP contribution in [0.2, 0.25) is 0 Å². The first-order valence-corrected chi connectivity index (χ1v) is 20.9. The van der Waals surface area contributed by atoms with Gasteiger partial charge in [0.2, 0.25) is 0 Å². The molecule has 0 atom stereocenters. The Balaban J connectivity index is 0.979. The summed E-state index contributed by atoms with van der Waals surface area (Å²) in [6, 6.07) is 72.9. The smallest absolute Gasteiger partial charge is 0.164 e. The predicted octanol–water partition coefficient (Wildman–Crippen LogP) is 15.0. The Morgan fingerprint density at radius 1 is 0.323 bits per heavy atom. The van der Waals surface area contributed by atoms with Crippen molar-refractivity contribution in [3.8, 4) is 51.0 Å². The summed E-state index contributed by atoms with van der Waals surface area (Å²) in [5.74, 6) is 1.82. The van der Waals surface area contributed by atoms with E-state index >= 15 is 0 Å². The van der Waals surface area contributed by atoms with Gasteiger partial charge in [0.25, 0.3) is 0 Å². The maximum atomic E-state index is 6.71. The maximum Gasteiger partial charge on any atom is 0.164 e. The Hall–Kier alpha value is -8.41. The zero-order valence-corrected chi connectivity index (χ0v) is 33.3. The Labute approximate surface area is 355 Å². The normalized spacial score (nSPS) is 11.9. The molecule has 0 saturated heterocycles. The third-order valence-corrected chi connectivity index (χ3v) is 12.4. The number of hydrogen-bond donors (Lipinski definition) is 0. The average molecular weight is 791 g/mol. The lowest BCUT2D eigenvalue weighted by atomic mass is 10.0. The summed E-state index contributed by atoms with van der Waals surface area (Å²) in [5, 5.41) is 11.8. The Morgan fingerprint density at radius 3 is 1.65 bits per heavy atom. The second-order valence-electron chi connectivity index (χ2n) is 16.0. The average Bonchev–Trinajstić information content (AvgIpc) is 3.89. The predicted molar refractivity (Wildman–Crippen MR) is 256 cm³/mol. The van der Waals surface area contributed by atoms with Crippen molar-refractivity contribution in [2.75, 3.05) is 0 Å². The van der Waals surface area contributed by atoms with Crippen molar-refractivity contribution in [1.29, 1.82) is 0 Å². The molecule has 5 nitrogen and oxygen atoms in total. The van der Waals surface area contributed by atoms with E-state index < -0.39 is 0 Å². The summed E-state index contributed by atoms with van der Waals surface area (Å²) in [7, 11) is 0. The summed E-state index contributed by atoms with van der Waals surface area (Å²) in [4.78, 5) is 15.1. The minimum absolute atomic E-state index is 0.585. The Kier molecular flexibility index (Phi) is 7.54. The van der Waals surface area contributed by atoms with Crippen LogP contribution in [0.1, 0.15) is 0 Å². The van der Waals surface area contributed by atoms with Crippen LogP contribution < -0.4 is 0 Å². The number of hydrogen-bond acceptors (Lipinski definition) is 4. The molecule has 13 aromatic rings. The molecule has 0 spiro atoms. The SMILES string of the molecule is c1ccc(-c2ccc(-c3nc(-c4ccccc4)nc(-c4ccc5c(c4)oc4ccc6ccc(-n7c8cc9ccccc9cc8c8ccc9ccccc9c87)cc6c45)n3)cc2)cc1. The highest BCUT2D eigenvalue weighted by Crippen LogP contribution is 2.41. The van der Waals surface area contributed by atoms with Gasteiger partial charge in [-0.2, -0.15) is 0 Å². The second kappa shape index (κ2) is 13.6. The van der Waals surface area contributed by atoms with Crippen molar-refractivity contribution in [3.05, 3.63) is 206 Å². The van der Waals surface area contributed by atoms with Crippen molar-refractivity contribution in [2.45, 2.75) is 0 Å². The van der Waals surface area contributed by atoms with E-state index in [9.17, 15) is 0 Å². The minimum Gasteiger partial charge on any atom is -0.456 e. The van der Waals surface area contributed by atoms with E-state index in [2.05, 4.69) is 174 Å². The Morgan fingerprint density at radius 2 is 0.871 bits per heavy atom. The number of nitrogens with zero attached hydrogens (tertiary/aromatic N) is 4. The van der Waals surface area contributed by atoms with Gasteiger partial charge in [-0.3, -0.25) is 0 Å². The molecule has 288 valence electrons. The molecule has 3 heterocycles. The van der Waals surface area contributed by atoms with Crippen LogP contribution in [-0.2, 0) is 0 Å². The molecule has 0 aliphatic carbocycles. The minimum atomic E-state index is 0.585. The van der Waals surface area contributed by atoms with Gasteiger partial charge in [-0.25, -0.2) is 15.0 Å². The van der Waals surface area contributed by atoms with E-state index in [4.69, 9.17) is 19.4 Å². The van der Waals surface area contributed by atoms with E-state index in [0.717, 1.165) is 66.2 Å². The van der Waals surface area contributed by atoms with Crippen LogP contribution in [-0.4, -0.2) is 19.5 Å². The maximum absolute atomic E-state index is 6.71. The Bertz CT molecular complexity index is 3910. The van der Waals surface area contributed by atoms with E-state index in [-0.39, 0.29) is 0 Å². The fraction of sp³-hybridized carbons (Fsp3) is 0. The van der Waals surface area contributed by atoms with Gasteiger partial charge in [-0.15, -0.1) is 0 Å². The van der Waals surface area contributed by atoms with Crippen LogP contribution in [0.15, 0.2) is 211 Å². The number of benzene rings is 10. The number of furan rings is 1. The lowest BCUT2D eigenvalue weighted by molar-refractivity contribution is 0.669. The first kappa shape index (κ1) is 34.5. The third-order valence-electron chi connectivity index (χ3n) is 12.4. The second-order valence-corrected chi connectivity index (χ2v) is 16.0. The van der Waals surface area contributed by atoms with Gasteiger partial charge >= 0.3 is 0 Å². The van der Waals surface area contributed by atoms with E-state index in [1.54, 1.807) is 0 Å². The summed E-state index contributed by atoms with van der Waals surface area (Å²) in [6.07, 6.45) is 0. The van der Waals surface area contributed by atoms with Gasteiger partial charge in [0.1, 0.15) is 11.2 Å². The summed E-state index contributed by atoms with van der Waals surface area (Å²) >= 11 is 0.